The molecule has 1 N–H and O–H groups in total. The largest absolute Gasteiger partial charge is 0.497 e. The first-order valence-corrected chi connectivity index (χ1v) is 8.15. The van der Waals surface area contributed by atoms with Gasteiger partial charge in [-0.2, -0.15) is 0 Å². The zero-order valence-electron chi connectivity index (χ0n) is 13.2. The maximum atomic E-state index is 5.51. The van der Waals surface area contributed by atoms with Gasteiger partial charge < -0.3 is 24.5 Å². The highest BCUT2D eigenvalue weighted by Crippen LogP contribution is 2.19. The molecule has 2 heterocycles. The lowest BCUT2D eigenvalue weighted by atomic mass is 10.0. The van der Waals surface area contributed by atoms with Crippen LogP contribution in [-0.4, -0.2) is 61.8 Å². The lowest BCUT2D eigenvalue weighted by Crippen LogP contribution is -2.47. The normalized spacial score (nSPS) is 20.7. The second-order valence-electron chi connectivity index (χ2n) is 5.48. The quantitative estimate of drug-likeness (QED) is 0.840. The summed E-state index contributed by atoms with van der Waals surface area (Å²) < 4.78 is 10.5. The standard InChI is InChI=1S/C16H21N3O3S/c1-20-13-4-2-12(3-5-13)15-10-14(22-18-15)11-17-16(23)19-6-8-21-9-7-19/h2-5,14H,6-11H2,1H3,(H,17,23)/t14-/m1/s1. The Labute approximate surface area is 141 Å². The molecule has 6 nitrogen and oxygen atoms in total. The molecule has 3 rings (SSSR count). The molecular formula is C16H21N3O3S. The van der Waals surface area contributed by atoms with Crippen LogP contribution in [0.5, 0.6) is 5.75 Å². The van der Waals surface area contributed by atoms with Gasteiger partial charge in [0.15, 0.2) is 5.11 Å². The second-order valence-corrected chi connectivity index (χ2v) is 5.87. The minimum Gasteiger partial charge on any atom is -0.497 e. The molecule has 1 aromatic rings. The minimum atomic E-state index is 0.00564. The average Bonchev–Trinajstić information content (AvgIpc) is 3.09. The zero-order valence-corrected chi connectivity index (χ0v) is 14.0. The molecule has 2 aliphatic heterocycles. The highest BCUT2D eigenvalue weighted by molar-refractivity contribution is 7.80. The van der Waals surface area contributed by atoms with E-state index in [9.17, 15) is 0 Å². The van der Waals surface area contributed by atoms with E-state index in [1.165, 1.54) is 0 Å². The topological polar surface area (TPSA) is 55.3 Å². The Kier molecular flexibility index (Phi) is 5.30. The number of oxime groups is 1. The van der Waals surface area contributed by atoms with E-state index >= 15 is 0 Å². The first-order chi connectivity index (χ1) is 11.3. The molecule has 0 spiro atoms. The molecule has 124 valence electrons. The number of rotatable bonds is 4. The van der Waals surface area contributed by atoms with Gasteiger partial charge in [-0.15, -0.1) is 0 Å². The van der Waals surface area contributed by atoms with Crippen LogP contribution >= 0.6 is 12.2 Å². The van der Waals surface area contributed by atoms with Gasteiger partial charge in [0.05, 0.1) is 32.6 Å². The summed E-state index contributed by atoms with van der Waals surface area (Å²) in [6.45, 7) is 3.79. The Hall–Kier alpha value is -1.86. The molecule has 2 aliphatic rings. The fourth-order valence-electron chi connectivity index (χ4n) is 2.57. The van der Waals surface area contributed by atoms with Crippen LogP contribution in [0.3, 0.4) is 0 Å². The summed E-state index contributed by atoms with van der Waals surface area (Å²) in [5.41, 5.74) is 2.01. The molecule has 0 saturated carbocycles. The monoisotopic (exact) mass is 335 g/mol. The summed E-state index contributed by atoms with van der Waals surface area (Å²) in [6.07, 6.45) is 0.775. The SMILES string of the molecule is COc1ccc(C2=NO[C@@H](CNC(=S)N3CCOCC3)C2)cc1. The van der Waals surface area contributed by atoms with Crippen LogP contribution < -0.4 is 10.1 Å². The van der Waals surface area contributed by atoms with Crippen molar-refractivity contribution < 1.29 is 14.3 Å². The van der Waals surface area contributed by atoms with Gasteiger partial charge in [0.2, 0.25) is 0 Å². The van der Waals surface area contributed by atoms with Gasteiger partial charge in [0.25, 0.3) is 0 Å². The van der Waals surface area contributed by atoms with Crippen molar-refractivity contribution in [2.75, 3.05) is 40.0 Å². The van der Waals surface area contributed by atoms with Crippen LogP contribution in [0.2, 0.25) is 0 Å². The van der Waals surface area contributed by atoms with Crippen molar-refractivity contribution in [2.45, 2.75) is 12.5 Å². The van der Waals surface area contributed by atoms with Gasteiger partial charge in [0, 0.05) is 19.5 Å². The fraction of sp³-hybridized carbons (Fsp3) is 0.500. The molecule has 1 aromatic carbocycles. The van der Waals surface area contributed by atoms with Crippen molar-refractivity contribution in [1.82, 2.24) is 10.2 Å². The molecule has 7 heteroatoms. The third kappa shape index (κ3) is 4.11. The maximum Gasteiger partial charge on any atom is 0.169 e. The number of hydrogen-bond acceptors (Lipinski definition) is 5. The first kappa shape index (κ1) is 16.0. The van der Waals surface area contributed by atoms with Gasteiger partial charge in [-0.25, -0.2) is 0 Å². The Morgan fingerprint density at radius 2 is 2.09 bits per heavy atom. The van der Waals surface area contributed by atoms with Gasteiger partial charge in [-0.1, -0.05) is 5.16 Å². The number of nitrogens with zero attached hydrogens (tertiary/aromatic N) is 2. The summed E-state index contributed by atoms with van der Waals surface area (Å²) in [7, 11) is 1.66. The highest BCUT2D eigenvalue weighted by Gasteiger charge is 2.23. The fourth-order valence-corrected chi connectivity index (χ4v) is 2.84. The first-order valence-electron chi connectivity index (χ1n) is 7.74. The number of methoxy groups -OCH3 is 1. The number of benzene rings is 1. The second kappa shape index (κ2) is 7.61. The zero-order chi connectivity index (χ0) is 16.1. The number of nitrogens with one attached hydrogen (secondary N) is 1. The number of thiocarbonyl (C=S) groups is 1. The summed E-state index contributed by atoms with van der Waals surface area (Å²) in [5.74, 6) is 0.836. The van der Waals surface area contributed by atoms with Crippen LogP contribution in [0.1, 0.15) is 12.0 Å². The van der Waals surface area contributed by atoms with Gasteiger partial charge in [-0.05, 0) is 42.0 Å². The van der Waals surface area contributed by atoms with E-state index in [0.717, 1.165) is 54.9 Å². The molecule has 0 amide bonds. The Morgan fingerprint density at radius 1 is 1.35 bits per heavy atom. The Morgan fingerprint density at radius 3 is 2.78 bits per heavy atom. The van der Waals surface area contributed by atoms with Crippen LogP contribution in [0.25, 0.3) is 0 Å². The summed E-state index contributed by atoms with van der Waals surface area (Å²) in [4.78, 5) is 7.63. The molecule has 0 bridgehead atoms. The highest BCUT2D eigenvalue weighted by atomic mass is 32.1. The van der Waals surface area contributed by atoms with E-state index in [1.54, 1.807) is 7.11 Å². The minimum absolute atomic E-state index is 0.00564. The van der Waals surface area contributed by atoms with Crippen molar-refractivity contribution in [1.29, 1.82) is 0 Å². The number of ether oxygens (including phenoxy) is 2. The predicted molar refractivity (Wildman–Crippen MR) is 92.0 cm³/mol. The molecule has 1 fully saturated rings. The maximum absolute atomic E-state index is 5.51. The molecule has 0 aromatic heterocycles. The number of morpholine rings is 1. The van der Waals surface area contributed by atoms with Gasteiger partial charge in [0.1, 0.15) is 11.9 Å². The van der Waals surface area contributed by atoms with E-state index in [0.29, 0.717) is 6.54 Å². The lowest BCUT2D eigenvalue weighted by molar-refractivity contribution is 0.0655. The Bertz CT molecular complexity index is 570. The molecule has 0 unspecified atom stereocenters. The van der Waals surface area contributed by atoms with Crippen molar-refractivity contribution in [3.8, 4) is 5.75 Å². The molecule has 23 heavy (non-hydrogen) atoms. The van der Waals surface area contributed by atoms with Crippen molar-refractivity contribution in [3.05, 3.63) is 29.8 Å². The van der Waals surface area contributed by atoms with Gasteiger partial charge >= 0.3 is 0 Å². The van der Waals surface area contributed by atoms with E-state index < -0.39 is 0 Å². The summed E-state index contributed by atoms with van der Waals surface area (Å²) >= 11 is 5.41. The van der Waals surface area contributed by atoms with Crippen LogP contribution in [0.15, 0.2) is 29.4 Å². The smallest absolute Gasteiger partial charge is 0.169 e. The Balaban J connectivity index is 1.46. The molecule has 1 saturated heterocycles. The van der Waals surface area contributed by atoms with E-state index in [2.05, 4.69) is 15.4 Å². The summed E-state index contributed by atoms with van der Waals surface area (Å²) in [5, 5.41) is 8.22. The van der Waals surface area contributed by atoms with E-state index in [4.69, 9.17) is 26.5 Å². The third-order valence-electron chi connectivity index (χ3n) is 3.94. The molecule has 0 radical (unpaired) electrons. The van der Waals surface area contributed by atoms with Gasteiger partial charge in [-0.3, -0.25) is 0 Å². The number of hydrogen-bond donors (Lipinski definition) is 1. The van der Waals surface area contributed by atoms with Crippen LogP contribution in [-0.2, 0) is 9.57 Å². The van der Waals surface area contributed by atoms with Crippen LogP contribution in [0, 0.1) is 0 Å². The lowest BCUT2D eigenvalue weighted by Gasteiger charge is -2.29. The third-order valence-corrected chi connectivity index (χ3v) is 4.34. The predicted octanol–water partition coefficient (Wildman–Crippen LogP) is 1.39. The molecule has 0 aliphatic carbocycles. The van der Waals surface area contributed by atoms with Crippen molar-refractivity contribution in [2.24, 2.45) is 5.16 Å². The van der Waals surface area contributed by atoms with Crippen molar-refractivity contribution in [3.63, 3.8) is 0 Å². The van der Waals surface area contributed by atoms with E-state index in [-0.39, 0.29) is 6.10 Å². The van der Waals surface area contributed by atoms with Crippen molar-refractivity contribution >= 4 is 23.0 Å². The van der Waals surface area contributed by atoms with Crippen LogP contribution in [0.4, 0.5) is 0 Å². The average molecular weight is 335 g/mol. The van der Waals surface area contributed by atoms with E-state index in [1.807, 2.05) is 24.3 Å². The summed E-state index contributed by atoms with van der Waals surface area (Å²) in [6, 6.07) is 7.85. The molecular weight excluding hydrogens is 314 g/mol. The molecule has 1 atom stereocenters.